The standard InChI is InChI=1S/C15H21F/c1-6-12-14(9-10(2)3)13(11(4)5)7-8-15(12)16/h7-8,11H,2,6,9H2,1,3-5H3. The van der Waals surface area contributed by atoms with E-state index in [0.717, 1.165) is 29.5 Å². The van der Waals surface area contributed by atoms with Gasteiger partial charge in [-0.2, -0.15) is 0 Å². The first-order valence-corrected chi connectivity index (χ1v) is 5.91. The molecule has 0 spiro atoms. The van der Waals surface area contributed by atoms with E-state index in [0.29, 0.717) is 5.92 Å². The van der Waals surface area contributed by atoms with Crippen molar-refractivity contribution >= 4 is 0 Å². The molecule has 0 amide bonds. The van der Waals surface area contributed by atoms with Gasteiger partial charge in [-0.05, 0) is 48.4 Å². The van der Waals surface area contributed by atoms with Gasteiger partial charge in [-0.3, -0.25) is 0 Å². The van der Waals surface area contributed by atoms with Crippen molar-refractivity contribution in [2.45, 2.75) is 46.5 Å². The first-order chi connectivity index (χ1) is 7.47. The Morgan fingerprint density at radius 2 is 1.94 bits per heavy atom. The molecule has 0 aliphatic carbocycles. The third-order valence-corrected chi connectivity index (χ3v) is 2.86. The fourth-order valence-electron chi connectivity index (χ4n) is 2.12. The highest BCUT2D eigenvalue weighted by Crippen LogP contribution is 2.27. The van der Waals surface area contributed by atoms with E-state index < -0.39 is 0 Å². The minimum Gasteiger partial charge on any atom is -0.207 e. The van der Waals surface area contributed by atoms with Crippen LogP contribution in [0.2, 0.25) is 0 Å². The second-order valence-corrected chi connectivity index (χ2v) is 4.74. The summed E-state index contributed by atoms with van der Waals surface area (Å²) in [7, 11) is 0. The molecule has 1 rings (SSSR count). The van der Waals surface area contributed by atoms with Crippen LogP contribution in [0.4, 0.5) is 4.39 Å². The quantitative estimate of drug-likeness (QED) is 0.649. The number of halogens is 1. The van der Waals surface area contributed by atoms with Gasteiger partial charge in [0.15, 0.2) is 0 Å². The topological polar surface area (TPSA) is 0 Å². The molecule has 0 radical (unpaired) electrons. The zero-order valence-electron chi connectivity index (χ0n) is 10.7. The highest BCUT2D eigenvalue weighted by Gasteiger charge is 2.14. The molecule has 0 atom stereocenters. The normalized spacial score (nSPS) is 10.9. The van der Waals surface area contributed by atoms with Gasteiger partial charge >= 0.3 is 0 Å². The number of hydrogen-bond donors (Lipinski definition) is 0. The fourth-order valence-corrected chi connectivity index (χ4v) is 2.12. The van der Waals surface area contributed by atoms with Gasteiger partial charge in [-0.1, -0.05) is 39.0 Å². The summed E-state index contributed by atoms with van der Waals surface area (Å²) >= 11 is 0. The molecule has 0 bridgehead atoms. The minimum absolute atomic E-state index is 0.0804. The Bertz CT molecular complexity index is 389. The van der Waals surface area contributed by atoms with Gasteiger partial charge in [-0.15, -0.1) is 0 Å². The Hall–Kier alpha value is -1.11. The largest absolute Gasteiger partial charge is 0.207 e. The molecule has 1 aromatic carbocycles. The lowest BCUT2D eigenvalue weighted by Crippen LogP contribution is -2.04. The molecule has 16 heavy (non-hydrogen) atoms. The Morgan fingerprint density at radius 1 is 1.31 bits per heavy atom. The Balaban J connectivity index is 3.34. The van der Waals surface area contributed by atoms with Crippen LogP contribution < -0.4 is 0 Å². The summed E-state index contributed by atoms with van der Waals surface area (Å²) in [6, 6.07) is 3.51. The van der Waals surface area contributed by atoms with Crippen LogP contribution in [0.1, 0.15) is 50.3 Å². The molecule has 0 N–H and O–H groups in total. The van der Waals surface area contributed by atoms with Crippen LogP contribution in [0, 0.1) is 5.82 Å². The molecule has 0 heterocycles. The number of hydrogen-bond acceptors (Lipinski definition) is 0. The summed E-state index contributed by atoms with van der Waals surface area (Å²) in [4.78, 5) is 0. The maximum Gasteiger partial charge on any atom is 0.126 e. The van der Waals surface area contributed by atoms with E-state index >= 15 is 0 Å². The predicted octanol–water partition coefficient (Wildman–Crippen LogP) is 4.63. The van der Waals surface area contributed by atoms with E-state index in [1.807, 2.05) is 19.9 Å². The molecule has 1 aromatic rings. The number of rotatable bonds is 4. The van der Waals surface area contributed by atoms with Crippen molar-refractivity contribution in [3.05, 3.63) is 46.8 Å². The molecule has 0 nitrogen and oxygen atoms in total. The molecule has 0 aromatic heterocycles. The van der Waals surface area contributed by atoms with Crippen LogP contribution in [0.15, 0.2) is 24.3 Å². The highest BCUT2D eigenvalue weighted by atomic mass is 19.1. The van der Waals surface area contributed by atoms with Crippen molar-refractivity contribution in [3.8, 4) is 0 Å². The van der Waals surface area contributed by atoms with Crippen LogP contribution in [0.5, 0.6) is 0 Å². The molecule has 1 heteroatoms. The summed E-state index contributed by atoms with van der Waals surface area (Å²) in [5.41, 5.74) is 4.34. The van der Waals surface area contributed by atoms with Crippen LogP contribution in [-0.2, 0) is 12.8 Å². The van der Waals surface area contributed by atoms with Gasteiger partial charge in [0.1, 0.15) is 5.82 Å². The third kappa shape index (κ3) is 2.72. The van der Waals surface area contributed by atoms with E-state index in [1.165, 1.54) is 5.56 Å². The maximum absolute atomic E-state index is 13.7. The van der Waals surface area contributed by atoms with Crippen LogP contribution in [-0.4, -0.2) is 0 Å². The van der Waals surface area contributed by atoms with Crippen molar-refractivity contribution in [2.24, 2.45) is 0 Å². The van der Waals surface area contributed by atoms with Gasteiger partial charge in [0, 0.05) is 0 Å². The van der Waals surface area contributed by atoms with Crippen LogP contribution >= 0.6 is 0 Å². The highest BCUT2D eigenvalue weighted by molar-refractivity contribution is 5.40. The zero-order chi connectivity index (χ0) is 12.3. The Morgan fingerprint density at radius 3 is 2.38 bits per heavy atom. The molecule has 0 aliphatic rings. The molecule has 0 saturated heterocycles. The van der Waals surface area contributed by atoms with E-state index in [2.05, 4.69) is 20.4 Å². The van der Waals surface area contributed by atoms with Gasteiger partial charge < -0.3 is 0 Å². The lowest BCUT2D eigenvalue weighted by molar-refractivity contribution is 0.606. The fraction of sp³-hybridized carbons (Fsp3) is 0.467. The van der Waals surface area contributed by atoms with Crippen molar-refractivity contribution < 1.29 is 4.39 Å². The summed E-state index contributed by atoms with van der Waals surface area (Å²) < 4.78 is 13.7. The van der Waals surface area contributed by atoms with Gasteiger partial charge in [0.25, 0.3) is 0 Å². The van der Waals surface area contributed by atoms with E-state index in [-0.39, 0.29) is 5.82 Å². The minimum atomic E-state index is -0.0804. The van der Waals surface area contributed by atoms with E-state index in [1.54, 1.807) is 6.07 Å². The lowest BCUT2D eigenvalue weighted by atomic mass is 9.88. The third-order valence-electron chi connectivity index (χ3n) is 2.86. The molecule has 88 valence electrons. The lowest BCUT2D eigenvalue weighted by Gasteiger charge is -2.17. The average molecular weight is 220 g/mol. The summed E-state index contributed by atoms with van der Waals surface area (Å²) in [5, 5.41) is 0. The maximum atomic E-state index is 13.7. The molecular weight excluding hydrogens is 199 g/mol. The first kappa shape index (κ1) is 13.0. The van der Waals surface area contributed by atoms with Crippen molar-refractivity contribution in [2.75, 3.05) is 0 Å². The monoisotopic (exact) mass is 220 g/mol. The summed E-state index contributed by atoms with van der Waals surface area (Å²) in [5.74, 6) is 0.350. The van der Waals surface area contributed by atoms with E-state index in [9.17, 15) is 4.39 Å². The molecule has 0 unspecified atom stereocenters. The second kappa shape index (κ2) is 5.29. The SMILES string of the molecule is C=C(C)Cc1c(C(C)C)ccc(F)c1CC. The van der Waals surface area contributed by atoms with Gasteiger partial charge in [0.2, 0.25) is 0 Å². The smallest absolute Gasteiger partial charge is 0.126 e. The van der Waals surface area contributed by atoms with Crippen molar-refractivity contribution in [3.63, 3.8) is 0 Å². The van der Waals surface area contributed by atoms with Crippen LogP contribution in [0.3, 0.4) is 0 Å². The van der Waals surface area contributed by atoms with Crippen molar-refractivity contribution in [1.29, 1.82) is 0 Å². The first-order valence-electron chi connectivity index (χ1n) is 5.91. The summed E-state index contributed by atoms with van der Waals surface area (Å²) in [6.07, 6.45) is 1.53. The van der Waals surface area contributed by atoms with Gasteiger partial charge in [0.05, 0.1) is 0 Å². The summed E-state index contributed by atoms with van der Waals surface area (Å²) in [6.45, 7) is 12.2. The van der Waals surface area contributed by atoms with E-state index in [4.69, 9.17) is 0 Å². The number of benzene rings is 1. The molecule has 0 saturated carbocycles. The average Bonchev–Trinajstić information content (AvgIpc) is 2.16. The van der Waals surface area contributed by atoms with Crippen LogP contribution in [0.25, 0.3) is 0 Å². The molecule has 0 aliphatic heterocycles. The Labute approximate surface area is 98.2 Å². The molecule has 0 fully saturated rings. The van der Waals surface area contributed by atoms with Gasteiger partial charge in [-0.25, -0.2) is 4.39 Å². The number of allylic oxidation sites excluding steroid dienone is 1. The zero-order valence-corrected chi connectivity index (χ0v) is 10.7. The predicted molar refractivity (Wildman–Crippen MR) is 68.4 cm³/mol. The second-order valence-electron chi connectivity index (χ2n) is 4.74. The molecular formula is C15H21F. The van der Waals surface area contributed by atoms with Crippen molar-refractivity contribution in [1.82, 2.24) is 0 Å². The Kier molecular flexibility index (Phi) is 4.28.